The van der Waals surface area contributed by atoms with E-state index in [4.69, 9.17) is 56.8 Å². The second-order valence-electron chi connectivity index (χ2n) is 11.7. The standard InChI is InChI=1S/C33H44O17/c1-19(34)43-27-25-16-40-13-11-39-12-14-41-17-26-28(44-20(2)35)31(47-23(5)38)33(49-26,18-42-15-24-9-7-6-8-10-24)50-32(48-25)30(46-22(4)37)29(27)45-21(3)36/h6-10,25-32H,11-18H2,1-5H3/t25-,26-,27-,28-,29+,30-,31+,32-,33+/m1/s1. The average Bonchev–Trinajstić information content (AvgIpc) is 3.29. The summed E-state index contributed by atoms with van der Waals surface area (Å²) in [7, 11) is 0. The zero-order valence-electron chi connectivity index (χ0n) is 28.6. The van der Waals surface area contributed by atoms with Crippen LogP contribution in [-0.2, 0) is 87.4 Å². The molecule has 0 radical (unpaired) electrons. The topological polar surface area (TPSA) is 196 Å². The van der Waals surface area contributed by atoms with Crippen LogP contribution < -0.4 is 0 Å². The molecule has 4 rings (SSSR count). The number of hydrogen-bond acceptors (Lipinski definition) is 17. The first-order valence-electron chi connectivity index (χ1n) is 16.1. The summed E-state index contributed by atoms with van der Waals surface area (Å²) in [6, 6.07) is 9.11. The number of esters is 5. The quantitative estimate of drug-likeness (QED) is 0.257. The van der Waals surface area contributed by atoms with Crippen molar-refractivity contribution in [3.63, 3.8) is 0 Å². The van der Waals surface area contributed by atoms with Gasteiger partial charge in [0.1, 0.15) is 18.8 Å². The third-order valence-corrected chi connectivity index (χ3v) is 7.58. The molecule has 1 aromatic rings. The normalized spacial score (nSPS) is 31.9. The molecule has 17 nitrogen and oxygen atoms in total. The van der Waals surface area contributed by atoms with Crippen LogP contribution in [0.5, 0.6) is 0 Å². The second kappa shape index (κ2) is 18.5. The first-order valence-corrected chi connectivity index (χ1v) is 16.1. The van der Waals surface area contributed by atoms with Gasteiger partial charge in [-0.3, -0.25) is 24.0 Å². The van der Waals surface area contributed by atoms with Crippen LogP contribution in [0.4, 0.5) is 0 Å². The molecular weight excluding hydrogens is 668 g/mol. The molecule has 17 heteroatoms. The number of rotatable bonds is 9. The molecule has 0 amide bonds. The predicted octanol–water partition coefficient (Wildman–Crippen LogP) is 0.762. The largest absolute Gasteiger partial charge is 0.456 e. The summed E-state index contributed by atoms with van der Waals surface area (Å²) < 4.78 is 70.7. The van der Waals surface area contributed by atoms with Crippen molar-refractivity contribution in [3.8, 4) is 0 Å². The molecule has 3 fully saturated rings. The monoisotopic (exact) mass is 712 g/mol. The molecule has 1 aromatic carbocycles. The Kier molecular flexibility index (Phi) is 14.5. The molecule has 3 saturated heterocycles. The first kappa shape index (κ1) is 39.1. The molecule has 50 heavy (non-hydrogen) atoms. The highest BCUT2D eigenvalue weighted by molar-refractivity contribution is 5.69. The summed E-state index contributed by atoms with van der Waals surface area (Å²) in [6.07, 6.45) is -11.2. The van der Waals surface area contributed by atoms with E-state index < -0.39 is 91.3 Å². The fraction of sp³-hybridized carbons (Fsp3) is 0.667. The SMILES string of the molecule is CC(=O)O[C@@H]1[C@@H](OC(C)=O)[C@@H]2O[C@H](COCCOCCOC[C@H]3O[C@@](COCc4ccccc4)(O2)[C@@H](OC(C)=O)[C@@H]3OC(C)=O)[C@H]1OC(C)=O. The molecule has 3 aliphatic rings. The van der Waals surface area contributed by atoms with Gasteiger partial charge in [-0.05, 0) is 5.56 Å². The Morgan fingerprint density at radius 3 is 1.74 bits per heavy atom. The summed E-state index contributed by atoms with van der Waals surface area (Å²) in [4.78, 5) is 62.2. The lowest BCUT2D eigenvalue weighted by Gasteiger charge is -2.46. The zero-order chi connectivity index (χ0) is 36.3. The van der Waals surface area contributed by atoms with Crippen LogP contribution in [0.3, 0.4) is 0 Å². The second-order valence-corrected chi connectivity index (χ2v) is 11.7. The smallest absolute Gasteiger partial charge is 0.303 e. The van der Waals surface area contributed by atoms with Crippen molar-refractivity contribution < 1.29 is 80.8 Å². The van der Waals surface area contributed by atoms with Crippen molar-refractivity contribution >= 4 is 29.8 Å². The zero-order valence-corrected chi connectivity index (χ0v) is 28.6. The molecule has 3 aliphatic heterocycles. The summed E-state index contributed by atoms with van der Waals surface area (Å²) in [5.74, 6) is -6.03. The fourth-order valence-corrected chi connectivity index (χ4v) is 5.78. The molecule has 4 bridgehead atoms. The van der Waals surface area contributed by atoms with Crippen molar-refractivity contribution in [1.82, 2.24) is 0 Å². The van der Waals surface area contributed by atoms with Crippen LogP contribution in [0, 0.1) is 0 Å². The molecular formula is C33H44O17. The van der Waals surface area contributed by atoms with Crippen LogP contribution >= 0.6 is 0 Å². The maximum absolute atomic E-state index is 12.6. The van der Waals surface area contributed by atoms with Crippen molar-refractivity contribution in [2.24, 2.45) is 0 Å². The third-order valence-electron chi connectivity index (χ3n) is 7.58. The minimum absolute atomic E-state index is 0.0405. The van der Waals surface area contributed by atoms with Crippen LogP contribution in [0.15, 0.2) is 30.3 Å². The Balaban J connectivity index is 1.84. The Morgan fingerprint density at radius 1 is 0.620 bits per heavy atom. The number of carbonyl (C=O) groups excluding carboxylic acids is 5. The maximum atomic E-state index is 12.6. The van der Waals surface area contributed by atoms with Crippen molar-refractivity contribution in [1.29, 1.82) is 0 Å². The number of hydrogen-bond donors (Lipinski definition) is 0. The van der Waals surface area contributed by atoms with Crippen molar-refractivity contribution in [2.75, 3.05) is 46.2 Å². The summed E-state index contributed by atoms with van der Waals surface area (Å²) in [5, 5.41) is 0. The molecule has 0 aliphatic carbocycles. The molecule has 0 saturated carbocycles. The van der Waals surface area contributed by atoms with E-state index in [1.165, 1.54) is 6.92 Å². The average molecular weight is 713 g/mol. The van der Waals surface area contributed by atoms with Gasteiger partial charge in [0, 0.05) is 34.6 Å². The molecule has 0 spiro atoms. The van der Waals surface area contributed by atoms with Gasteiger partial charge in [-0.15, -0.1) is 0 Å². The lowest BCUT2D eigenvalue weighted by atomic mass is 9.97. The number of benzene rings is 1. The Hall–Kier alpha value is -3.71. The van der Waals surface area contributed by atoms with Crippen LogP contribution in [0.1, 0.15) is 40.2 Å². The van der Waals surface area contributed by atoms with Gasteiger partial charge in [0.25, 0.3) is 0 Å². The van der Waals surface area contributed by atoms with Gasteiger partial charge in [-0.1, -0.05) is 30.3 Å². The minimum atomic E-state index is -2.13. The summed E-state index contributed by atoms with van der Waals surface area (Å²) in [6.45, 7) is 5.38. The van der Waals surface area contributed by atoms with E-state index >= 15 is 0 Å². The van der Waals surface area contributed by atoms with Gasteiger partial charge in [0.2, 0.25) is 12.1 Å². The summed E-state index contributed by atoms with van der Waals surface area (Å²) >= 11 is 0. The molecule has 3 heterocycles. The van der Waals surface area contributed by atoms with E-state index in [0.29, 0.717) is 0 Å². The van der Waals surface area contributed by atoms with E-state index in [-0.39, 0.29) is 46.2 Å². The third kappa shape index (κ3) is 10.9. The van der Waals surface area contributed by atoms with E-state index in [9.17, 15) is 24.0 Å². The van der Waals surface area contributed by atoms with E-state index in [1.54, 1.807) is 0 Å². The molecule has 9 atom stereocenters. The maximum Gasteiger partial charge on any atom is 0.303 e. The predicted molar refractivity (Wildman–Crippen MR) is 164 cm³/mol. The molecule has 278 valence electrons. The fourth-order valence-electron chi connectivity index (χ4n) is 5.78. The van der Waals surface area contributed by atoms with Crippen molar-refractivity contribution in [3.05, 3.63) is 35.9 Å². The van der Waals surface area contributed by atoms with E-state index in [0.717, 1.165) is 33.3 Å². The van der Waals surface area contributed by atoms with Gasteiger partial charge in [-0.25, -0.2) is 0 Å². The lowest BCUT2D eigenvalue weighted by molar-refractivity contribution is -0.387. The molecule has 0 unspecified atom stereocenters. The van der Waals surface area contributed by atoms with Crippen molar-refractivity contribution in [2.45, 2.75) is 96.0 Å². The van der Waals surface area contributed by atoms with Gasteiger partial charge < -0.3 is 56.8 Å². The summed E-state index contributed by atoms with van der Waals surface area (Å²) in [5.41, 5.74) is 0.777. The molecule has 0 N–H and O–H groups in total. The first-order chi connectivity index (χ1) is 23.9. The highest BCUT2D eigenvalue weighted by atomic mass is 16.8. The van der Waals surface area contributed by atoms with Gasteiger partial charge in [0.15, 0.2) is 30.5 Å². The Morgan fingerprint density at radius 2 is 1.14 bits per heavy atom. The number of ether oxygens (including phenoxy) is 12. The van der Waals surface area contributed by atoms with Gasteiger partial charge >= 0.3 is 29.8 Å². The van der Waals surface area contributed by atoms with Gasteiger partial charge in [-0.2, -0.15) is 0 Å². The number of fused-ring (bicyclic) bond motifs is 4. The minimum Gasteiger partial charge on any atom is -0.456 e. The highest BCUT2D eigenvalue weighted by Gasteiger charge is 2.64. The Bertz CT molecular complexity index is 1310. The molecule has 0 aromatic heterocycles. The lowest BCUT2D eigenvalue weighted by Crippen LogP contribution is -2.65. The van der Waals surface area contributed by atoms with Gasteiger partial charge in [0.05, 0.1) is 46.2 Å². The van der Waals surface area contributed by atoms with Crippen LogP contribution in [0.2, 0.25) is 0 Å². The highest BCUT2D eigenvalue weighted by Crippen LogP contribution is 2.41. The number of carbonyl (C=O) groups is 5. The Labute approximate surface area is 288 Å². The van der Waals surface area contributed by atoms with Crippen LogP contribution in [0.25, 0.3) is 0 Å². The van der Waals surface area contributed by atoms with E-state index in [1.807, 2.05) is 30.3 Å². The van der Waals surface area contributed by atoms with Crippen LogP contribution in [-0.4, -0.2) is 131 Å². The van der Waals surface area contributed by atoms with E-state index in [2.05, 4.69) is 0 Å².